The molecule has 170 valence electrons. The maximum atomic E-state index is 13.2. The van der Waals surface area contributed by atoms with E-state index in [4.69, 9.17) is 4.74 Å². The zero-order chi connectivity index (χ0) is 23.4. The molecular weight excluding hydrogens is 436 g/mol. The molecule has 10 nitrogen and oxygen atoms in total. The predicted molar refractivity (Wildman–Crippen MR) is 116 cm³/mol. The number of rotatable bonds is 8. The minimum Gasteiger partial charge on any atom is -0.497 e. The second-order valence-electron chi connectivity index (χ2n) is 7.21. The normalized spacial score (nSPS) is 17.5. The number of esters is 1. The molecule has 1 aromatic heterocycles. The van der Waals surface area contributed by atoms with Crippen molar-refractivity contribution in [2.45, 2.75) is 32.4 Å². The van der Waals surface area contributed by atoms with Crippen LogP contribution in [-0.4, -0.2) is 54.0 Å². The molecule has 3 atom stereocenters. The van der Waals surface area contributed by atoms with Crippen molar-refractivity contribution in [2.24, 2.45) is 5.92 Å². The lowest BCUT2D eigenvalue weighted by molar-refractivity contribution is -0.135. The van der Waals surface area contributed by atoms with Crippen molar-refractivity contribution in [3.05, 3.63) is 40.9 Å². The number of hydrogen-bond acceptors (Lipinski definition) is 8. The van der Waals surface area contributed by atoms with Gasteiger partial charge in [0.2, 0.25) is 5.91 Å². The first-order valence-electron chi connectivity index (χ1n) is 9.92. The topological polar surface area (TPSA) is 127 Å². The number of hydrogen-bond donors (Lipinski definition) is 2. The van der Waals surface area contributed by atoms with E-state index in [2.05, 4.69) is 20.4 Å². The second-order valence-corrected chi connectivity index (χ2v) is 8.07. The van der Waals surface area contributed by atoms with E-state index in [0.29, 0.717) is 17.7 Å². The molecule has 11 heteroatoms. The summed E-state index contributed by atoms with van der Waals surface area (Å²) in [4.78, 5) is 55.6. The van der Waals surface area contributed by atoms with Crippen LogP contribution in [0.1, 0.15) is 42.4 Å². The number of nitrogens with zero attached hydrogens (tertiary/aromatic N) is 2. The van der Waals surface area contributed by atoms with Crippen LogP contribution in [-0.2, 0) is 14.3 Å². The summed E-state index contributed by atoms with van der Waals surface area (Å²) in [6, 6.07) is 4.15. The lowest BCUT2D eigenvalue weighted by atomic mass is 9.96. The number of benzene rings is 1. The minimum absolute atomic E-state index is 0.0578. The molecule has 3 rings (SSSR count). The van der Waals surface area contributed by atoms with Gasteiger partial charge < -0.3 is 20.1 Å². The molecule has 1 aliphatic heterocycles. The number of methoxy groups -OCH3 is 2. The molecule has 1 unspecified atom stereocenters. The van der Waals surface area contributed by atoms with Gasteiger partial charge in [-0.1, -0.05) is 32.4 Å². The fourth-order valence-electron chi connectivity index (χ4n) is 3.34. The molecule has 1 aromatic carbocycles. The summed E-state index contributed by atoms with van der Waals surface area (Å²) < 4.78 is 9.74. The van der Waals surface area contributed by atoms with Gasteiger partial charge in [0.1, 0.15) is 17.8 Å². The Bertz CT molecular complexity index is 1020. The highest BCUT2D eigenvalue weighted by atomic mass is 32.1. The summed E-state index contributed by atoms with van der Waals surface area (Å²) in [5.41, 5.74) is 0.639. The quantitative estimate of drug-likeness (QED) is 0.458. The van der Waals surface area contributed by atoms with Gasteiger partial charge in [-0.2, -0.15) is 0 Å². The molecule has 0 radical (unpaired) electrons. The summed E-state index contributed by atoms with van der Waals surface area (Å²) in [5, 5.41) is 6.89. The second kappa shape index (κ2) is 9.77. The average Bonchev–Trinajstić information content (AvgIpc) is 3.38. The standard InChI is InChI=1S/C21H24N4O6S/c1-5-11(2)16(17(26)24-20-22-14(10-32-20)19(28)31-4)25-18(27)15(23-21(25)29)12-6-8-13(30-3)9-7-12/h6-11,15-16H,5H2,1-4H3,(H,23,29)(H,22,24,26)/t11-,15?,16-/m0/s1. The zero-order valence-corrected chi connectivity index (χ0v) is 18.9. The molecule has 0 saturated carbocycles. The third-order valence-corrected chi connectivity index (χ3v) is 6.04. The Labute approximate surface area is 188 Å². The van der Waals surface area contributed by atoms with E-state index in [-0.39, 0.29) is 16.7 Å². The summed E-state index contributed by atoms with van der Waals surface area (Å²) in [6.07, 6.45) is 0.549. The highest BCUT2D eigenvalue weighted by Crippen LogP contribution is 2.29. The lowest BCUT2D eigenvalue weighted by Gasteiger charge is -2.28. The molecule has 2 aromatic rings. The summed E-state index contributed by atoms with van der Waals surface area (Å²) >= 11 is 1.04. The third kappa shape index (κ3) is 4.57. The van der Waals surface area contributed by atoms with Gasteiger partial charge in [-0.25, -0.2) is 19.5 Å². The molecule has 0 spiro atoms. The third-order valence-electron chi connectivity index (χ3n) is 5.28. The molecule has 2 heterocycles. The Kier molecular flexibility index (Phi) is 7.08. The number of thiazole rings is 1. The number of urea groups is 1. The summed E-state index contributed by atoms with van der Waals surface area (Å²) in [6.45, 7) is 3.65. The fraction of sp³-hybridized carbons (Fsp3) is 0.381. The molecule has 32 heavy (non-hydrogen) atoms. The monoisotopic (exact) mass is 460 g/mol. The molecule has 0 aliphatic carbocycles. The molecule has 0 bridgehead atoms. The molecule has 1 saturated heterocycles. The summed E-state index contributed by atoms with van der Waals surface area (Å²) in [5.74, 6) is -1.41. The summed E-state index contributed by atoms with van der Waals surface area (Å²) in [7, 11) is 2.76. The first kappa shape index (κ1) is 23.2. The van der Waals surface area contributed by atoms with Crippen LogP contribution in [0.3, 0.4) is 0 Å². The van der Waals surface area contributed by atoms with Crippen molar-refractivity contribution >= 4 is 40.3 Å². The van der Waals surface area contributed by atoms with Crippen LogP contribution in [0.15, 0.2) is 29.6 Å². The van der Waals surface area contributed by atoms with Crippen molar-refractivity contribution in [2.75, 3.05) is 19.5 Å². The first-order chi connectivity index (χ1) is 15.3. The molecule has 1 fully saturated rings. The highest BCUT2D eigenvalue weighted by molar-refractivity contribution is 7.14. The van der Waals surface area contributed by atoms with E-state index in [1.54, 1.807) is 31.2 Å². The van der Waals surface area contributed by atoms with Gasteiger partial charge in [0.05, 0.1) is 14.2 Å². The Balaban J connectivity index is 1.83. The lowest BCUT2D eigenvalue weighted by Crippen LogP contribution is -2.51. The first-order valence-corrected chi connectivity index (χ1v) is 10.8. The number of amides is 4. The Morgan fingerprint density at radius 2 is 1.94 bits per heavy atom. The van der Waals surface area contributed by atoms with Crippen LogP contribution in [0.5, 0.6) is 5.75 Å². The number of carbonyl (C=O) groups excluding carboxylic acids is 4. The molecular formula is C21H24N4O6S. The fourth-order valence-corrected chi connectivity index (χ4v) is 4.02. The van der Waals surface area contributed by atoms with Gasteiger partial charge in [0, 0.05) is 5.38 Å². The smallest absolute Gasteiger partial charge is 0.357 e. The van der Waals surface area contributed by atoms with E-state index in [0.717, 1.165) is 16.2 Å². The van der Waals surface area contributed by atoms with E-state index in [1.807, 2.05) is 6.92 Å². The number of anilines is 1. The van der Waals surface area contributed by atoms with Crippen LogP contribution < -0.4 is 15.4 Å². The van der Waals surface area contributed by atoms with E-state index >= 15 is 0 Å². The number of imide groups is 1. The van der Waals surface area contributed by atoms with E-state index < -0.39 is 35.9 Å². The van der Waals surface area contributed by atoms with Crippen LogP contribution in [0, 0.1) is 5.92 Å². The largest absolute Gasteiger partial charge is 0.497 e. The number of aromatic nitrogens is 1. The van der Waals surface area contributed by atoms with E-state index in [9.17, 15) is 19.2 Å². The van der Waals surface area contributed by atoms with Crippen LogP contribution in [0.4, 0.5) is 9.93 Å². The Hall–Kier alpha value is -3.47. The number of carbonyl (C=O) groups is 4. The van der Waals surface area contributed by atoms with Crippen molar-refractivity contribution in [3.63, 3.8) is 0 Å². The highest BCUT2D eigenvalue weighted by Gasteiger charge is 2.47. The van der Waals surface area contributed by atoms with Gasteiger partial charge in [-0.05, 0) is 23.6 Å². The molecule has 1 aliphatic rings. The van der Waals surface area contributed by atoms with Gasteiger partial charge in [-0.15, -0.1) is 11.3 Å². The minimum atomic E-state index is -1.05. The van der Waals surface area contributed by atoms with Crippen LogP contribution >= 0.6 is 11.3 Å². The van der Waals surface area contributed by atoms with Gasteiger partial charge in [0.15, 0.2) is 10.8 Å². The predicted octanol–water partition coefficient (Wildman–Crippen LogP) is 2.58. The van der Waals surface area contributed by atoms with Crippen molar-refractivity contribution in [1.29, 1.82) is 0 Å². The zero-order valence-electron chi connectivity index (χ0n) is 18.1. The average molecular weight is 461 g/mol. The Morgan fingerprint density at radius 3 is 2.53 bits per heavy atom. The maximum absolute atomic E-state index is 13.2. The van der Waals surface area contributed by atoms with Gasteiger partial charge >= 0.3 is 12.0 Å². The van der Waals surface area contributed by atoms with Crippen molar-refractivity contribution in [3.8, 4) is 5.75 Å². The SMILES string of the molecule is CC[C@H](C)[C@@H](C(=O)Nc1nc(C(=O)OC)cs1)N1C(=O)NC(c2ccc(OC)cc2)C1=O. The van der Waals surface area contributed by atoms with Crippen molar-refractivity contribution in [1.82, 2.24) is 15.2 Å². The maximum Gasteiger partial charge on any atom is 0.357 e. The molecule has 2 N–H and O–H groups in total. The van der Waals surface area contributed by atoms with Crippen LogP contribution in [0.2, 0.25) is 0 Å². The Morgan fingerprint density at radius 1 is 1.25 bits per heavy atom. The molecule has 4 amide bonds. The van der Waals surface area contributed by atoms with Gasteiger partial charge in [0.25, 0.3) is 5.91 Å². The van der Waals surface area contributed by atoms with Crippen molar-refractivity contribution < 1.29 is 28.7 Å². The number of nitrogens with one attached hydrogen (secondary N) is 2. The number of ether oxygens (including phenoxy) is 2. The van der Waals surface area contributed by atoms with E-state index in [1.165, 1.54) is 19.6 Å². The van der Waals surface area contributed by atoms with Gasteiger partial charge in [-0.3, -0.25) is 9.59 Å². The van der Waals surface area contributed by atoms with Crippen LogP contribution in [0.25, 0.3) is 0 Å².